The first kappa shape index (κ1) is 27.4. The molecule has 200 valence electrons. The zero-order valence-electron chi connectivity index (χ0n) is 23.9. The highest BCUT2D eigenvalue weighted by atomic mass is 28.4. The van der Waals surface area contributed by atoms with Gasteiger partial charge in [0.05, 0.1) is 18.8 Å². The molecular formula is C30H52O4Si. The van der Waals surface area contributed by atoms with Crippen LogP contribution in [0.1, 0.15) is 93.4 Å². The molecule has 0 bridgehead atoms. The number of esters is 1. The Morgan fingerprint density at radius 3 is 2.57 bits per heavy atom. The van der Waals surface area contributed by atoms with Gasteiger partial charge in [0.15, 0.2) is 8.32 Å². The summed E-state index contributed by atoms with van der Waals surface area (Å²) in [6.45, 7) is 20.7. The van der Waals surface area contributed by atoms with Crippen LogP contribution in [0, 0.1) is 40.4 Å². The summed E-state index contributed by atoms with van der Waals surface area (Å²) in [5.74, 6) is 2.48. The van der Waals surface area contributed by atoms with Crippen LogP contribution in [0.4, 0.5) is 0 Å². The molecule has 1 N–H and O–H groups in total. The number of allylic oxidation sites excluding steroid dienone is 2. The Balaban J connectivity index is 1.47. The van der Waals surface area contributed by atoms with Gasteiger partial charge in [0.1, 0.15) is 0 Å². The van der Waals surface area contributed by atoms with Gasteiger partial charge in [-0.05, 0) is 98.1 Å². The molecule has 0 radical (unpaired) electrons. The minimum absolute atomic E-state index is 0.00472. The molecule has 4 aliphatic carbocycles. The Hall–Kier alpha value is -0.653. The molecule has 2 unspecified atom stereocenters. The second kappa shape index (κ2) is 9.27. The lowest BCUT2D eigenvalue weighted by Gasteiger charge is -2.45. The lowest BCUT2D eigenvalue weighted by atomic mass is 9.61. The number of aliphatic hydroxyl groups is 1. The molecule has 4 rings (SSSR count). The third-order valence-corrected chi connectivity index (χ3v) is 16.0. The average Bonchev–Trinajstić information content (AvgIpc) is 3.26. The van der Waals surface area contributed by atoms with E-state index in [-0.39, 0.29) is 28.6 Å². The summed E-state index contributed by atoms with van der Waals surface area (Å²) in [5.41, 5.74) is 1.97. The van der Waals surface area contributed by atoms with E-state index in [1.807, 2.05) is 0 Å². The molecule has 0 spiro atoms. The van der Waals surface area contributed by atoms with Gasteiger partial charge >= 0.3 is 5.97 Å². The van der Waals surface area contributed by atoms with Crippen LogP contribution in [0.15, 0.2) is 11.6 Å². The highest BCUT2D eigenvalue weighted by Gasteiger charge is 2.69. The van der Waals surface area contributed by atoms with Crippen LogP contribution in [-0.4, -0.2) is 38.2 Å². The van der Waals surface area contributed by atoms with Gasteiger partial charge in [0.2, 0.25) is 0 Å². The Bertz CT molecular complexity index is 844. The maximum absolute atomic E-state index is 11.6. The number of aliphatic hydroxyl groups excluding tert-OH is 1. The Labute approximate surface area is 215 Å². The zero-order chi connectivity index (χ0) is 26.0. The summed E-state index contributed by atoms with van der Waals surface area (Å²) in [5, 5.41) is 11.7. The molecule has 35 heavy (non-hydrogen) atoms. The zero-order valence-corrected chi connectivity index (χ0v) is 24.9. The summed E-state index contributed by atoms with van der Waals surface area (Å²) in [7, 11) is -1.90. The van der Waals surface area contributed by atoms with Gasteiger partial charge in [0, 0.05) is 12.3 Å². The Morgan fingerprint density at radius 1 is 1.26 bits per heavy atom. The summed E-state index contributed by atoms with van der Waals surface area (Å²) >= 11 is 0. The van der Waals surface area contributed by atoms with Crippen molar-refractivity contribution in [3.05, 3.63) is 11.6 Å². The molecule has 0 aliphatic heterocycles. The maximum atomic E-state index is 11.6. The summed E-state index contributed by atoms with van der Waals surface area (Å²) in [4.78, 5) is 11.4. The van der Waals surface area contributed by atoms with E-state index in [0.717, 1.165) is 12.8 Å². The second-order valence-corrected chi connectivity index (χ2v) is 19.3. The van der Waals surface area contributed by atoms with E-state index >= 15 is 0 Å². The van der Waals surface area contributed by atoms with Crippen molar-refractivity contribution < 1.29 is 19.1 Å². The molecule has 0 amide bonds. The number of ether oxygens (including phenoxy) is 1. The molecule has 0 aromatic carbocycles. The van der Waals surface area contributed by atoms with Crippen molar-refractivity contribution in [1.29, 1.82) is 0 Å². The van der Waals surface area contributed by atoms with Gasteiger partial charge in [-0.15, -0.1) is 0 Å². The van der Waals surface area contributed by atoms with Crippen LogP contribution in [0.5, 0.6) is 0 Å². The summed E-state index contributed by atoms with van der Waals surface area (Å²) in [6, 6.07) is 0. The molecule has 4 aliphatic rings. The summed E-state index contributed by atoms with van der Waals surface area (Å²) < 4.78 is 12.1. The first-order valence-corrected chi connectivity index (χ1v) is 17.2. The minimum atomic E-state index is -1.90. The van der Waals surface area contributed by atoms with Crippen molar-refractivity contribution in [2.45, 2.75) is 124 Å². The monoisotopic (exact) mass is 504 g/mol. The average molecular weight is 505 g/mol. The molecule has 0 aromatic rings. The van der Waals surface area contributed by atoms with Crippen LogP contribution in [0.25, 0.3) is 0 Å². The number of hydrogen-bond donors (Lipinski definition) is 1. The van der Waals surface area contributed by atoms with Gasteiger partial charge in [-0.3, -0.25) is 4.79 Å². The predicted octanol–water partition coefficient (Wildman–Crippen LogP) is 7.13. The number of hydrogen-bond acceptors (Lipinski definition) is 4. The van der Waals surface area contributed by atoms with Crippen molar-refractivity contribution in [3.8, 4) is 0 Å². The minimum Gasteiger partial charge on any atom is -0.466 e. The van der Waals surface area contributed by atoms with E-state index in [1.54, 1.807) is 5.57 Å². The predicted molar refractivity (Wildman–Crippen MR) is 144 cm³/mol. The molecule has 5 heteroatoms. The SMILES string of the molecule is CC(=O)OC[C@@H](C)[C@H]1CC[C@H]2/C(=C/[C@@H](C)[C@]34CC3C[C@H](O[Si](C)(C)C(C)(C)C)C4O)CCC[C@]12C. The highest BCUT2D eigenvalue weighted by Crippen LogP contribution is 2.69. The van der Waals surface area contributed by atoms with Crippen molar-refractivity contribution >= 4 is 14.3 Å². The maximum Gasteiger partial charge on any atom is 0.302 e. The van der Waals surface area contributed by atoms with E-state index in [4.69, 9.17) is 9.16 Å². The van der Waals surface area contributed by atoms with Crippen LogP contribution in [-0.2, 0) is 14.0 Å². The van der Waals surface area contributed by atoms with Crippen LogP contribution in [0.3, 0.4) is 0 Å². The summed E-state index contributed by atoms with van der Waals surface area (Å²) in [6.07, 6.45) is 10.6. The normalized spacial score (nSPS) is 41.9. The number of rotatable bonds is 7. The van der Waals surface area contributed by atoms with Crippen molar-refractivity contribution in [2.24, 2.45) is 40.4 Å². The van der Waals surface area contributed by atoms with E-state index in [9.17, 15) is 9.90 Å². The largest absolute Gasteiger partial charge is 0.466 e. The fourth-order valence-corrected chi connectivity index (χ4v) is 9.67. The van der Waals surface area contributed by atoms with Gasteiger partial charge < -0.3 is 14.3 Å². The molecule has 4 nitrogen and oxygen atoms in total. The van der Waals surface area contributed by atoms with Gasteiger partial charge in [-0.2, -0.15) is 0 Å². The van der Waals surface area contributed by atoms with Crippen LogP contribution >= 0.6 is 0 Å². The Kier molecular flexibility index (Phi) is 7.25. The number of carbonyl (C=O) groups is 1. The van der Waals surface area contributed by atoms with Crippen LogP contribution < -0.4 is 0 Å². The number of carbonyl (C=O) groups excluding carboxylic acids is 1. The van der Waals surface area contributed by atoms with E-state index in [1.165, 1.54) is 39.0 Å². The highest BCUT2D eigenvalue weighted by molar-refractivity contribution is 6.74. The quantitative estimate of drug-likeness (QED) is 0.228. The number of fused-ring (bicyclic) bond motifs is 2. The molecule has 9 atom stereocenters. The van der Waals surface area contributed by atoms with Gasteiger partial charge in [-0.1, -0.05) is 53.2 Å². The third-order valence-electron chi connectivity index (χ3n) is 11.5. The fourth-order valence-electron chi connectivity index (χ4n) is 8.34. The van der Waals surface area contributed by atoms with E-state index in [2.05, 4.69) is 60.7 Å². The van der Waals surface area contributed by atoms with Crippen LogP contribution in [0.2, 0.25) is 18.1 Å². The van der Waals surface area contributed by atoms with Crippen molar-refractivity contribution in [3.63, 3.8) is 0 Å². The lowest BCUT2D eigenvalue weighted by Crippen LogP contribution is -2.47. The molecule has 0 heterocycles. The van der Waals surface area contributed by atoms with Gasteiger partial charge in [0.25, 0.3) is 0 Å². The molecule has 0 aromatic heterocycles. The first-order valence-electron chi connectivity index (χ1n) is 14.3. The van der Waals surface area contributed by atoms with Crippen molar-refractivity contribution in [2.75, 3.05) is 6.61 Å². The lowest BCUT2D eigenvalue weighted by molar-refractivity contribution is -0.143. The van der Waals surface area contributed by atoms with E-state index in [0.29, 0.717) is 41.6 Å². The first-order chi connectivity index (χ1) is 16.1. The molecule has 4 fully saturated rings. The topological polar surface area (TPSA) is 55.8 Å². The van der Waals surface area contributed by atoms with Crippen molar-refractivity contribution in [1.82, 2.24) is 0 Å². The molecular weight excluding hydrogens is 452 g/mol. The smallest absolute Gasteiger partial charge is 0.302 e. The second-order valence-electron chi connectivity index (χ2n) is 14.5. The van der Waals surface area contributed by atoms with Gasteiger partial charge in [-0.25, -0.2) is 0 Å². The Morgan fingerprint density at radius 2 is 1.94 bits per heavy atom. The van der Waals surface area contributed by atoms with E-state index < -0.39 is 8.32 Å². The molecule has 0 saturated heterocycles. The standard InChI is InChI=1S/C30H52O4Si/c1-19(18-33-21(3)31)24-12-13-25-22(11-10-14-29(24,25)7)15-20(2)30-17-23(30)16-26(27(30)32)34-35(8,9)28(4,5)6/h15,19-20,23-27,32H,10-14,16-18H2,1-9H3/b22-15+/t19-,20-,23?,24-,25+,26+,27?,29-,30-/m1/s1. The molecule has 4 saturated carbocycles. The fraction of sp³-hybridized carbons (Fsp3) is 0.900. The third kappa shape index (κ3) is 4.72.